The van der Waals surface area contributed by atoms with Gasteiger partial charge in [0.2, 0.25) is 11.0 Å². The van der Waals surface area contributed by atoms with Gasteiger partial charge in [0.15, 0.2) is 0 Å². The summed E-state index contributed by atoms with van der Waals surface area (Å²) in [7, 11) is 0. The van der Waals surface area contributed by atoms with E-state index >= 15 is 0 Å². The van der Waals surface area contributed by atoms with E-state index in [1.807, 2.05) is 30.5 Å². The molecular formula is C18H21N5O2S3. The summed E-state index contributed by atoms with van der Waals surface area (Å²) < 4.78 is 2.64. The van der Waals surface area contributed by atoms with Gasteiger partial charge in [0, 0.05) is 37.3 Å². The molecule has 0 radical (unpaired) electrons. The van der Waals surface area contributed by atoms with Crippen molar-refractivity contribution in [2.75, 3.05) is 18.4 Å². The monoisotopic (exact) mass is 435 g/mol. The molecule has 2 aliphatic rings. The number of piperidine rings is 1. The molecule has 1 amide bonds. The van der Waals surface area contributed by atoms with Crippen molar-refractivity contribution in [2.24, 2.45) is 5.92 Å². The molecule has 0 saturated carbocycles. The van der Waals surface area contributed by atoms with Crippen LogP contribution in [-0.2, 0) is 11.3 Å². The zero-order valence-electron chi connectivity index (χ0n) is 15.6. The van der Waals surface area contributed by atoms with Gasteiger partial charge in [-0.1, -0.05) is 41.4 Å². The summed E-state index contributed by atoms with van der Waals surface area (Å²) in [4.78, 5) is 26.8. The highest BCUT2D eigenvalue weighted by Gasteiger charge is 2.35. The van der Waals surface area contributed by atoms with E-state index in [4.69, 9.17) is 12.2 Å². The zero-order chi connectivity index (χ0) is 19.8. The average Bonchev–Trinajstić information content (AvgIpc) is 3.07. The molecule has 10 heteroatoms. The van der Waals surface area contributed by atoms with E-state index in [0.29, 0.717) is 17.0 Å². The number of carbonyl (C=O) groups excluding carboxylic acids is 1. The van der Waals surface area contributed by atoms with E-state index in [1.165, 1.54) is 23.1 Å². The van der Waals surface area contributed by atoms with Crippen LogP contribution in [0.3, 0.4) is 0 Å². The van der Waals surface area contributed by atoms with Crippen LogP contribution in [0.25, 0.3) is 0 Å². The highest BCUT2D eigenvalue weighted by molar-refractivity contribution is 8.23. The third kappa shape index (κ3) is 3.99. The molecule has 1 N–H and O–H groups in total. The van der Waals surface area contributed by atoms with Crippen LogP contribution in [0.5, 0.6) is 0 Å². The van der Waals surface area contributed by atoms with Gasteiger partial charge < -0.3 is 9.47 Å². The fraction of sp³-hybridized carbons (Fsp3) is 0.500. The molecule has 28 heavy (non-hydrogen) atoms. The van der Waals surface area contributed by atoms with Gasteiger partial charge in [-0.25, -0.2) is 0 Å². The van der Waals surface area contributed by atoms with E-state index in [-0.39, 0.29) is 16.7 Å². The van der Waals surface area contributed by atoms with Gasteiger partial charge in [0.25, 0.3) is 5.56 Å². The van der Waals surface area contributed by atoms with Gasteiger partial charge in [-0.2, -0.15) is 0 Å². The van der Waals surface area contributed by atoms with Crippen LogP contribution >= 0.6 is 35.3 Å². The largest absolute Gasteiger partial charge is 0.356 e. The zero-order valence-corrected chi connectivity index (χ0v) is 18.1. The molecule has 2 aromatic rings. The van der Waals surface area contributed by atoms with Gasteiger partial charge >= 0.3 is 0 Å². The van der Waals surface area contributed by atoms with Crippen LogP contribution in [0, 0.1) is 12.8 Å². The summed E-state index contributed by atoms with van der Waals surface area (Å²) in [6.07, 6.45) is 1.08. The highest BCUT2D eigenvalue weighted by atomic mass is 32.2. The van der Waals surface area contributed by atoms with Crippen LogP contribution in [0.1, 0.15) is 30.0 Å². The molecule has 0 aliphatic carbocycles. The number of anilines is 1. The fourth-order valence-electron chi connectivity index (χ4n) is 3.88. The van der Waals surface area contributed by atoms with E-state index < -0.39 is 0 Å². The first kappa shape index (κ1) is 19.5. The molecule has 4 rings (SSSR count). The first-order chi connectivity index (χ1) is 13.4. The molecular weight excluding hydrogens is 414 g/mol. The Labute approximate surface area is 176 Å². The molecule has 148 valence electrons. The van der Waals surface area contributed by atoms with Crippen molar-refractivity contribution in [3.8, 4) is 0 Å². The highest BCUT2D eigenvalue weighted by Crippen LogP contribution is 2.36. The normalized spacial score (nSPS) is 21.7. The minimum absolute atomic E-state index is 0.0785. The Bertz CT molecular complexity index is 972. The van der Waals surface area contributed by atoms with Gasteiger partial charge in [0.05, 0.1) is 5.25 Å². The Hall–Kier alpha value is -1.78. The second-order valence-corrected chi connectivity index (χ2v) is 10.4. The van der Waals surface area contributed by atoms with Crippen molar-refractivity contribution in [2.45, 2.75) is 38.0 Å². The third-order valence-corrected chi connectivity index (χ3v) is 7.47. The summed E-state index contributed by atoms with van der Waals surface area (Å²) in [6, 6.07) is 5.51. The summed E-state index contributed by atoms with van der Waals surface area (Å²) in [5.74, 6) is 0.574. The van der Waals surface area contributed by atoms with Crippen molar-refractivity contribution in [3.05, 3.63) is 39.3 Å². The molecule has 0 spiro atoms. The lowest BCUT2D eigenvalue weighted by atomic mass is 9.83. The van der Waals surface area contributed by atoms with Gasteiger partial charge in [-0.3, -0.25) is 14.9 Å². The number of amides is 1. The fourth-order valence-corrected chi connectivity index (χ4v) is 5.82. The number of rotatable bonds is 3. The minimum atomic E-state index is -0.326. The number of pyridine rings is 1. The Balaban J connectivity index is 1.39. The Morgan fingerprint density at radius 1 is 1.36 bits per heavy atom. The second kappa shape index (κ2) is 7.92. The van der Waals surface area contributed by atoms with Crippen molar-refractivity contribution in [1.29, 1.82) is 0 Å². The number of hydrogen-bond donors (Lipinski definition) is 1. The number of likely N-dealkylation sites (tertiary alicyclic amines) is 1. The number of fused-ring (bicyclic) bond motifs is 4. The lowest BCUT2D eigenvalue weighted by Crippen LogP contribution is -2.48. The smallest absolute Gasteiger partial charge is 0.250 e. The SMILES string of the molecule is Cc1nnc(NC(=O)[C@@H](C)SC(=S)N2C[C@@H]3C[C@@H](C2)c2cccc(=O)n2C3)s1. The molecule has 2 bridgehead atoms. The number of aryl methyl sites for hydroxylation is 1. The molecule has 1 fully saturated rings. The van der Waals surface area contributed by atoms with E-state index in [9.17, 15) is 9.59 Å². The van der Waals surface area contributed by atoms with Crippen LogP contribution in [0.4, 0.5) is 5.13 Å². The second-order valence-electron chi connectivity index (χ2n) is 7.24. The first-order valence-electron chi connectivity index (χ1n) is 9.17. The van der Waals surface area contributed by atoms with Crippen molar-refractivity contribution in [1.82, 2.24) is 19.7 Å². The van der Waals surface area contributed by atoms with Gasteiger partial charge in [0.1, 0.15) is 9.33 Å². The summed E-state index contributed by atoms with van der Waals surface area (Å²) >= 11 is 8.40. The number of nitrogens with one attached hydrogen (secondary N) is 1. The molecule has 7 nitrogen and oxygen atoms in total. The number of hydrogen-bond acceptors (Lipinski definition) is 7. The predicted octanol–water partition coefficient (Wildman–Crippen LogP) is 2.47. The number of aromatic nitrogens is 3. The van der Waals surface area contributed by atoms with E-state index in [2.05, 4.69) is 20.4 Å². The van der Waals surface area contributed by atoms with Crippen molar-refractivity contribution < 1.29 is 4.79 Å². The van der Waals surface area contributed by atoms with Crippen LogP contribution in [-0.4, -0.2) is 48.2 Å². The number of thiocarbonyl (C=S) groups is 1. The summed E-state index contributed by atoms with van der Waals surface area (Å²) in [5, 5.41) is 11.6. The molecule has 4 heterocycles. The molecule has 0 aromatic carbocycles. The van der Waals surface area contributed by atoms with Gasteiger partial charge in [-0.15, -0.1) is 10.2 Å². The number of nitrogens with zero attached hydrogens (tertiary/aromatic N) is 4. The third-order valence-electron chi connectivity index (χ3n) is 5.14. The maximum atomic E-state index is 12.4. The predicted molar refractivity (Wildman–Crippen MR) is 116 cm³/mol. The average molecular weight is 436 g/mol. The molecule has 3 atom stereocenters. The standard InChI is InChI=1S/C18H21N5O2S3/c1-10(16(25)19-17-21-20-11(2)28-17)27-18(26)22-7-12-6-13(9-22)14-4-3-5-15(24)23(14)8-12/h3-5,10,12-13H,6-9H2,1-2H3,(H,19,21,25)/t10-,12+,13+/m1/s1. The quantitative estimate of drug-likeness (QED) is 0.742. The Morgan fingerprint density at radius 2 is 2.18 bits per heavy atom. The number of carbonyl (C=O) groups is 1. The Kier molecular flexibility index (Phi) is 5.52. The van der Waals surface area contributed by atoms with E-state index in [1.54, 1.807) is 6.07 Å². The first-order valence-corrected chi connectivity index (χ1v) is 11.3. The molecule has 2 aromatic heterocycles. The van der Waals surface area contributed by atoms with Gasteiger partial charge in [-0.05, 0) is 32.3 Å². The lowest BCUT2D eigenvalue weighted by Gasteiger charge is -2.43. The maximum Gasteiger partial charge on any atom is 0.250 e. The maximum absolute atomic E-state index is 12.4. The van der Waals surface area contributed by atoms with Crippen LogP contribution < -0.4 is 10.9 Å². The van der Waals surface area contributed by atoms with E-state index in [0.717, 1.165) is 41.1 Å². The van der Waals surface area contributed by atoms with Crippen molar-refractivity contribution >= 4 is 50.7 Å². The molecule has 1 saturated heterocycles. The minimum Gasteiger partial charge on any atom is -0.356 e. The summed E-state index contributed by atoms with van der Waals surface area (Å²) in [5.41, 5.74) is 1.17. The summed E-state index contributed by atoms with van der Waals surface area (Å²) in [6.45, 7) is 6.05. The molecule has 2 aliphatic heterocycles. The number of thioether (sulfide) groups is 1. The molecule has 0 unspecified atom stereocenters. The lowest BCUT2D eigenvalue weighted by molar-refractivity contribution is -0.115. The van der Waals surface area contributed by atoms with Crippen LogP contribution in [0.2, 0.25) is 0 Å². The van der Waals surface area contributed by atoms with Crippen molar-refractivity contribution in [3.63, 3.8) is 0 Å². The Morgan fingerprint density at radius 3 is 2.93 bits per heavy atom. The van der Waals surface area contributed by atoms with Crippen LogP contribution in [0.15, 0.2) is 23.0 Å². The topological polar surface area (TPSA) is 80.1 Å².